The minimum Gasteiger partial charge on any atom is -0.376 e. The van der Waals surface area contributed by atoms with E-state index in [2.05, 4.69) is 13.2 Å². The molecule has 2 amide bonds. The molecule has 0 aromatic heterocycles. The fourth-order valence-corrected chi connectivity index (χ4v) is 1.54. The molecule has 17 heavy (non-hydrogen) atoms. The summed E-state index contributed by atoms with van der Waals surface area (Å²) in [6.45, 7) is 12.3. The average molecular weight is 255 g/mol. The van der Waals surface area contributed by atoms with E-state index in [0.29, 0.717) is 18.8 Å². The first-order chi connectivity index (χ1) is 8.11. The molecule has 0 unspecified atom stereocenters. The third-order valence-corrected chi connectivity index (χ3v) is 2.30. The summed E-state index contributed by atoms with van der Waals surface area (Å²) >= 11 is 4.76. The second-order valence-electron chi connectivity index (χ2n) is 2.96. The van der Waals surface area contributed by atoms with Crippen molar-refractivity contribution in [3.63, 3.8) is 0 Å². The molecule has 0 atom stereocenters. The Bertz CT molecular complexity index is 355. The lowest BCUT2D eigenvalue weighted by molar-refractivity contribution is 0.215. The third kappa shape index (κ3) is 3.71. The summed E-state index contributed by atoms with van der Waals surface area (Å²) in [5, 5.41) is 0.101. The summed E-state index contributed by atoms with van der Waals surface area (Å²) in [6, 6.07) is -0.212. The Kier molecular flexibility index (Phi) is 6.89. The molecule has 0 saturated carbocycles. The van der Waals surface area contributed by atoms with Gasteiger partial charge in [-0.2, -0.15) is 0 Å². The van der Waals surface area contributed by atoms with Crippen LogP contribution >= 0.6 is 12.2 Å². The van der Waals surface area contributed by atoms with Crippen LogP contribution in [-0.2, 0) is 0 Å². The highest BCUT2D eigenvalue weighted by atomic mass is 32.1. The summed E-state index contributed by atoms with van der Waals surface area (Å²) < 4.78 is 0. The lowest BCUT2D eigenvalue weighted by Gasteiger charge is -2.17. The normalized spacial score (nSPS) is 15.2. The molecule has 2 N–H and O–H groups in total. The maximum absolute atomic E-state index is 11.8. The van der Waals surface area contributed by atoms with Gasteiger partial charge in [-0.05, 0) is 24.4 Å². The van der Waals surface area contributed by atoms with Gasteiger partial charge in [-0.25, -0.2) is 4.79 Å². The van der Waals surface area contributed by atoms with Crippen LogP contribution in [0.25, 0.3) is 0 Å². The van der Waals surface area contributed by atoms with Crippen molar-refractivity contribution in [3.8, 4) is 0 Å². The molecule has 1 saturated heterocycles. The minimum absolute atomic E-state index is 0. The van der Waals surface area contributed by atoms with Gasteiger partial charge in [0.25, 0.3) is 0 Å². The van der Waals surface area contributed by atoms with Crippen molar-refractivity contribution in [1.82, 2.24) is 9.80 Å². The van der Waals surface area contributed by atoms with Gasteiger partial charge in [-0.3, -0.25) is 9.80 Å². The number of thiocarbonyl (C=S) groups is 1. The molecule has 4 nitrogen and oxygen atoms in total. The molecule has 0 aromatic rings. The number of carbonyl (C=O) groups is 1. The van der Waals surface area contributed by atoms with Crippen molar-refractivity contribution in [1.29, 1.82) is 0 Å². The number of nitrogens with two attached hydrogens (primary N) is 1. The van der Waals surface area contributed by atoms with Crippen LogP contribution in [0.5, 0.6) is 0 Å². The Balaban J connectivity index is 0. The number of hydrogen-bond acceptors (Lipinski definition) is 2. The Hall–Kier alpha value is -1.62. The van der Waals surface area contributed by atoms with Crippen molar-refractivity contribution < 1.29 is 6.22 Å². The number of allylic oxidation sites excluding steroid dienone is 3. The second-order valence-corrected chi connectivity index (χ2v) is 3.37. The summed E-state index contributed by atoms with van der Waals surface area (Å²) in [7, 11) is 0. The standard InChI is InChI=1S/C10H13N3OS.C2H6.H2/c1-3-5-8(4-2)12-6-7-13(9(11)15)10(12)14;1-2;/h3-5H,1-2,6-7H2,(H2,11,15);1-2H3;1H/b8-5+;;. The molecular weight excluding hydrogens is 234 g/mol. The van der Waals surface area contributed by atoms with Crippen LogP contribution in [-0.4, -0.2) is 34.0 Å². The second kappa shape index (κ2) is 7.62. The quantitative estimate of drug-likeness (QED) is 0.622. The summed E-state index contributed by atoms with van der Waals surface area (Å²) in [4.78, 5) is 14.7. The van der Waals surface area contributed by atoms with Crippen molar-refractivity contribution in [2.75, 3.05) is 13.1 Å². The van der Waals surface area contributed by atoms with Crippen LogP contribution in [0.4, 0.5) is 4.79 Å². The minimum atomic E-state index is -0.212. The van der Waals surface area contributed by atoms with Gasteiger partial charge in [-0.15, -0.1) is 0 Å². The van der Waals surface area contributed by atoms with E-state index >= 15 is 0 Å². The molecule has 5 heteroatoms. The number of carbonyl (C=O) groups excluding carboxylic acids is 1. The zero-order valence-corrected chi connectivity index (χ0v) is 11.2. The number of nitrogens with zero attached hydrogens (tertiary/aromatic N) is 2. The van der Waals surface area contributed by atoms with Gasteiger partial charge in [-0.1, -0.05) is 33.1 Å². The molecule has 1 aliphatic rings. The van der Waals surface area contributed by atoms with E-state index in [-0.39, 0.29) is 12.6 Å². The number of urea groups is 1. The Morgan fingerprint density at radius 1 is 1.41 bits per heavy atom. The van der Waals surface area contributed by atoms with Gasteiger partial charge < -0.3 is 5.73 Å². The first kappa shape index (κ1) is 15.4. The van der Waals surface area contributed by atoms with Gasteiger partial charge in [0.1, 0.15) is 0 Å². The molecule has 0 radical (unpaired) electrons. The third-order valence-electron chi connectivity index (χ3n) is 2.08. The number of hydrogen-bond donors (Lipinski definition) is 1. The molecule has 0 spiro atoms. The van der Waals surface area contributed by atoms with E-state index in [1.54, 1.807) is 23.1 Å². The van der Waals surface area contributed by atoms with E-state index < -0.39 is 0 Å². The fourth-order valence-electron chi connectivity index (χ4n) is 1.37. The summed E-state index contributed by atoms with van der Waals surface area (Å²) in [5.41, 5.74) is 6.11. The maximum atomic E-state index is 11.8. The Morgan fingerprint density at radius 2 is 1.94 bits per heavy atom. The zero-order chi connectivity index (χ0) is 13.4. The van der Waals surface area contributed by atoms with Gasteiger partial charge in [0, 0.05) is 20.2 Å². The summed E-state index contributed by atoms with van der Waals surface area (Å²) in [6.07, 6.45) is 4.92. The fraction of sp³-hybridized carbons (Fsp3) is 0.333. The van der Waals surface area contributed by atoms with Crippen LogP contribution < -0.4 is 5.73 Å². The van der Waals surface area contributed by atoms with E-state index in [1.165, 1.54) is 4.90 Å². The highest BCUT2D eigenvalue weighted by Crippen LogP contribution is 2.15. The lowest BCUT2D eigenvalue weighted by Crippen LogP contribution is -2.38. The van der Waals surface area contributed by atoms with E-state index in [1.807, 2.05) is 13.8 Å². The van der Waals surface area contributed by atoms with Crippen molar-refractivity contribution in [2.24, 2.45) is 5.73 Å². The van der Waals surface area contributed by atoms with Gasteiger partial charge in [0.2, 0.25) is 0 Å². The van der Waals surface area contributed by atoms with Crippen LogP contribution in [0.15, 0.2) is 37.1 Å². The molecule has 0 aromatic carbocycles. The van der Waals surface area contributed by atoms with Crippen LogP contribution in [0, 0.1) is 0 Å². The summed E-state index contributed by atoms with van der Waals surface area (Å²) in [5.74, 6) is 0. The first-order valence-electron chi connectivity index (χ1n) is 5.45. The van der Waals surface area contributed by atoms with E-state index in [4.69, 9.17) is 18.0 Å². The van der Waals surface area contributed by atoms with Gasteiger partial charge >= 0.3 is 6.03 Å². The molecule has 1 aliphatic heterocycles. The first-order valence-corrected chi connectivity index (χ1v) is 5.86. The van der Waals surface area contributed by atoms with E-state index in [9.17, 15) is 4.79 Å². The maximum Gasteiger partial charge on any atom is 0.330 e. The van der Waals surface area contributed by atoms with Crippen molar-refractivity contribution >= 4 is 23.4 Å². The largest absolute Gasteiger partial charge is 0.376 e. The zero-order valence-electron chi connectivity index (χ0n) is 10.3. The van der Waals surface area contributed by atoms with E-state index in [0.717, 1.165) is 0 Å². The monoisotopic (exact) mass is 255 g/mol. The molecule has 1 rings (SSSR count). The molecule has 0 bridgehead atoms. The topological polar surface area (TPSA) is 49.6 Å². The highest BCUT2D eigenvalue weighted by molar-refractivity contribution is 7.80. The number of rotatable bonds is 3. The molecule has 1 fully saturated rings. The van der Waals surface area contributed by atoms with Crippen molar-refractivity contribution in [2.45, 2.75) is 13.8 Å². The average Bonchev–Trinajstić information content (AvgIpc) is 2.71. The molecule has 0 aliphatic carbocycles. The molecule has 96 valence electrons. The van der Waals surface area contributed by atoms with Crippen molar-refractivity contribution in [3.05, 3.63) is 37.1 Å². The van der Waals surface area contributed by atoms with Crippen LogP contribution in [0.3, 0.4) is 0 Å². The Labute approximate surface area is 110 Å². The van der Waals surface area contributed by atoms with Crippen LogP contribution in [0.1, 0.15) is 15.3 Å². The SMILES string of the molecule is C=C/C=C(\C=C)N1CCN(C(N)=S)C1=O.CC.[HH]. The predicted molar refractivity (Wildman–Crippen MR) is 77.5 cm³/mol. The van der Waals surface area contributed by atoms with Gasteiger partial charge in [0.15, 0.2) is 5.11 Å². The predicted octanol–water partition coefficient (Wildman–Crippen LogP) is 2.50. The smallest absolute Gasteiger partial charge is 0.330 e. The highest BCUT2D eigenvalue weighted by Gasteiger charge is 2.31. The molecule has 1 heterocycles. The number of amides is 2. The lowest BCUT2D eigenvalue weighted by atomic mass is 10.3. The molecular formula is C12H21N3OS. The Morgan fingerprint density at radius 3 is 2.29 bits per heavy atom. The van der Waals surface area contributed by atoms with Crippen LogP contribution in [0.2, 0.25) is 0 Å². The van der Waals surface area contributed by atoms with Gasteiger partial charge in [0.05, 0.1) is 0 Å².